The van der Waals surface area contributed by atoms with Crippen LogP contribution in [0.1, 0.15) is 5.56 Å². The number of methoxy groups -OCH3 is 1. The molecule has 0 aromatic heterocycles. The monoisotopic (exact) mass is 250 g/mol. The van der Waals surface area contributed by atoms with Gasteiger partial charge in [-0.3, -0.25) is 10.2 Å². The van der Waals surface area contributed by atoms with E-state index in [4.69, 9.17) is 9.47 Å². The van der Waals surface area contributed by atoms with Crippen LogP contribution < -0.4 is 10.2 Å². The van der Waals surface area contributed by atoms with E-state index in [9.17, 15) is 9.59 Å². The Bertz CT molecular complexity index is 444. The Labute approximate surface area is 104 Å². The number of hydrazine groups is 1. The van der Waals surface area contributed by atoms with Gasteiger partial charge in [-0.15, -0.1) is 0 Å². The summed E-state index contributed by atoms with van der Waals surface area (Å²) in [6.45, 7) is 0.689. The normalized spacial score (nSPS) is 14.3. The maximum Gasteiger partial charge on any atom is 0.428 e. The molecule has 6 heteroatoms. The standard InChI is InChI=1S/C12H14N2O4/c1-17-10-4-2-9(3-5-10)8-11(15)13-14-6-7-18-12(14)16/h2-5H,6-8H2,1H3,(H,13,15). The number of nitrogens with one attached hydrogen (secondary N) is 1. The van der Waals surface area contributed by atoms with Gasteiger partial charge in [-0.25, -0.2) is 9.80 Å². The van der Waals surface area contributed by atoms with Crippen LogP contribution in [0.2, 0.25) is 0 Å². The van der Waals surface area contributed by atoms with Crippen LogP contribution in [0.25, 0.3) is 0 Å². The van der Waals surface area contributed by atoms with Crippen LogP contribution in [0.15, 0.2) is 24.3 Å². The molecule has 6 nitrogen and oxygen atoms in total. The van der Waals surface area contributed by atoms with Gasteiger partial charge in [0, 0.05) is 0 Å². The van der Waals surface area contributed by atoms with Crippen LogP contribution in [0.3, 0.4) is 0 Å². The van der Waals surface area contributed by atoms with Gasteiger partial charge in [0.2, 0.25) is 5.91 Å². The van der Waals surface area contributed by atoms with Crippen LogP contribution in [-0.4, -0.2) is 37.3 Å². The van der Waals surface area contributed by atoms with Crippen molar-refractivity contribution in [3.8, 4) is 5.75 Å². The van der Waals surface area contributed by atoms with E-state index in [1.807, 2.05) is 0 Å². The highest BCUT2D eigenvalue weighted by molar-refractivity contribution is 5.81. The van der Waals surface area contributed by atoms with Crippen molar-refractivity contribution in [2.24, 2.45) is 0 Å². The molecule has 2 rings (SSSR count). The van der Waals surface area contributed by atoms with Gasteiger partial charge in [-0.1, -0.05) is 12.1 Å². The molecule has 0 radical (unpaired) electrons. The summed E-state index contributed by atoms with van der Waals surface area (Å²) in [6.07, 6.45) is -0.314. The molecule has 1 aliphatic heterocycles. The van der Waals surface area contributed by atoms with Gasteiger partial charge in [0.15, 0.2) is 0 Å². The Hall–Kier alpha value is -2.24. The Morgan fingerprint density at radius 1 is 1.44 bits per heavy atom. The molecule has 1 saturated heterocycles. The number of cyclic esters (lactones) is 1. The smallest absolute Gasteiger partial charge is 0.428 e. The van der Waals surface area contributed by atoms with E-state index in [-0.39, 0.29) is 12.3 Å². The first kappa shape index (κ1) is 12.2. The summed E-state index contributed by atoms with van der Waals surface area (Å²) in [5.74, 6) is 0.487. The lowest BCUT2D eigenvalue weighted by Crippen LogP contribution is -2.43. The molecule has 0 bridgehead atoms. The molecule has 1 aromatic rings. The minimum absolute atomic E-state index is 0.202. The highest BCUT2D eigenvalue weighted by Crippen LogP contribution is 2.11. The summed E-state index contributed by atoms with van der Waals surface area (Å²) < 4.78 is 9.73. The zero-order chi connectivity index (χ0) is 13.0. The van der Waals surface area contributed by atoms with Crippen LogP contribution in [0.5, 0.6) is 5.75 Å². The topological polar surface area (TPSA) is 67.9 Å². The number of carbonyl (C=O) groups is 2. The predicted molar refractivity (Wildman–Crippen MR) is 62.9 cm³/mol. The third-order valence-electron chi connectivity index (χ3n) is 2.54. The molecule has 0 aliphatic carbocycles. The third-order valence-corrected chi connectivity index (χ3v) is 2.54. The fourth-order valence-corrected chi connectivity index (χ4v) is 1.61. The lowest BCUT2D eigenvalue weighted by atomic mass is 10.1. The van der Waals surface area contributed by atoms with E-state index >= 15 is 0 Å². The fraction of sp³-hybridized carbons (Fsp3) is 0.333. The number of hydrogen-bond acceptors (Lipinski definition) is 4. The number of benzene rings is 1. The highest BCUT2D eigenvalue weighted by atomic mass is 16.6. The number of amides is 2. The number of carbonyl (C=O) groups excluding carboxylic acids is 2. The number of hydrogen-bond donors (Lipinski definition) is 1. The Kier molecular flexibility index (Phi) is 3.66. The molecular weight excluding hydrogens is 236 g/mol. The van der Waals surface area contributed by atoms with E-state index in [1.54, 1.807) is 31.4 Å². The van der Waals surface area contributed by atoms with Crippen molar-refractivity contribution in [3.05, 3.63) is 29.8 Å². The first-order chi connectivity index (χ1) is 8.69. The first-order valence-electron chi connectivity index (χ1n) is 5.56. The Morgan fingerprint density at radius 3 is 2.72 bits per heavy atom. The zero-order valence-electron chi connectivity index (χ0n) is 10.0. The summed E-state index contributed by atoms with van der Waals surface area (Å²) in [4.78, 5) is 22.8. The van der Waals surface area contributed by atoms with E-state index < -0.39 is 6.09 Å². The number of ether oxygens (including phenoxy) is 2. The minimum atomic E-state index is -0.516. The molecule has 1 aliphatic rings. The van der Waals surface area contributed by atoms with Crippen molar-refractivity contribution in [2.45, 2.75) is 6.42 Å². The highest BCUT2D eigenvalue weighted by Gasteiger charge is 2.23. The van der Waals surface area contributed by atoms with E-state index in [0.717, 1.165) is 11.3 Å². The lowest BCUT2D eigenvalue weighted by Gasteiger charge is -2.13. The summed E-state index contributed by atoms with van der Waals surface area (Å²) >= 11 is 0. The third kappa shape index (κ3) is 2.91. The van der Waals surface area contributed by atoms with Crippen LogP contribution in [-0.2, 0) is 16.0 Å². The second-order valence-corrected chi connectivity index (χ2v) is 3.83. The minimum Gasteiger partial charge on any atom is -0.497 e. The summed E-state index contributed by atoms with van der Waals surface area (Å²) in [6, 6.07) is 7.18. The quantitative estimate of drug-likeness (QED) is 0.855. The van der Waals surface area contributed by atoms with Crippen molar-refractivity contribution < 1.29 is 19.1 Å². The molecule has 0 spiro atoms. The summed E-state index contributed by atoms with van der Waals surface area (Å²) in [5, 5.41) is 1.17. The van der Waals surface area contributed by atoms with E-state index in [0.29, 0.717) is 13.2 Å². The summed E-state index contributed by atoms with van der Waals surface area (Å²) in [5.41, 5.74) is 3.34. The first-order valence-corrected chi connectivity index (χ1v) is 5.56. The number of rotatable bonds is 4. The molecular formula is C12H14N2O4. The van der Waals surface area contributed by atoms with Crippen LogP contribution >= 0.6 is 0 Å². The van der Waals surface area contributed by atoms with Crippen molar-refractivity contribution in [1.29, 1.82) is 0 Å². The molecule has 0 unspecified atom stereocenters. The Morgan fingerprint density at radius 2 is 2.17 bits per heavy atom. The van der Waals surface area contributed by atoms with Crippen molar-refractivity contribution in [2.75, 3.05) is 20.3 Å². The van der Waals surface area contributed by atoms with Crippen molar-refractivity contribution in [3.63, 3.8) is 0 Å². The van der Waals surface area contributed by atoms with Gasteiger partial charge in [0.1, 0.15) is 12.4 Å². The average molecular weight is 250 g/mol. The second kappa shape index (κ2) is 5.39. The average Bonchev–Trinajstić information content (AvgIpc) is 2.76. The SMILES string of the molecule is COc1ccc(CC(=O)NN2CCOC2=O)cc1. The predicted octanol–water partition coefficient (Wildman–Crippen LogP) is 0.721. The molecule has 96 valence electrons. The van der Waals surface area contributed by atoms with E-state index in [2.05, 4.69) is 5.43 Å². The van der Waals surface area contributed by atoms with Gasteiger partial charge in [-0.05, 0) is 17.7 Å². The maximum absolute atomic E-state index is 11.7. The lowest BCUT2D eigenvalue weighted by molar-refractivity contribution is -0.123. The van der Waals surface area contributed by atoms with Crippen molar-refractivity contribution >= 4 is 12.0 Å². The molecule has 2 amide bonds. The van der Waals surface area contributed by atoms with Gasteiger partial charge in [0.05, 0.1) is 20.1 Å². The Balaban J connectivity index is 1.88. The van der Waals surface area contributed by atoms with E-state index in [1.165, 1.54) is 5.01 Å². The fourth-order valence-electron chi connectivity index (χ4n) is 1.61. The second-order valence-electron chi connectivity index (χ2n) is 3.83. The van der Waals surface area contributed by atoms with Gasteiger partial charge >= 0.3 is 6.09 Å². The van der Waals surface area contributed by atoms with Gasteiger partial charge < -0.3 is 9.47 Å². The maximum atomic E-state index is 11.7. The van der Waals surface area contributed by atoms with Gasteiger partial charge in [-0.2, -0.15) is 0 Å². The van der Waals surface area contributed by atoms with Crippen molar-refractivity contribution in [1.82, 2.24) is 10.4 Å². The molecule has 0 saturated carbocycles. The molecule has 1 aromatic carbocycles. The molecule has 1 N–H and O–H groups in total. The van der Waals surface area contributed by atoms with Gasteiger partial charge in [0.25, 0.3) is 0 Å². The molecule has 1 heterocycles. The largest absolute Gasteiger partial charge is 0.497 e. The van der Waals surface area contributed by atoms with Crippen LogP contribution in [0, 0.1) is 0 Å². The number of nitrogens with zero attached hydrogens (tertiary/aromatic N) is 1. The molecule has 18 heavy (non-hydrogen) atoms. The summed E-state index contributed by atoms with van der Waals surface area (Å²) in [7, 11) is 1.58. The zero-order valence-corrected chi connectivity index (χ0v) is 10.0. The van der Waals surface area contributed by atoms with Crippen LogP contribution in [0.4, 0.5) is 4.79 Å². The molecule has 0 atom stereocenters. The molecule has 1 fully saturated rings.